The predicted molar refractivity (Wildman–Crippen MR) is 95.9 cm³/mol. The van der Waals surface area contributed by atoms with Crippen molar-refractivity contribution in [1.82, 2.24) is 15.5 Å². The van der Waals surface area contributed by atoms with Crippen LogP contribution in [0.25, 0.3) is 0 Å². The van der Waals surface area contributed by atoms with Crippen LogP contribution in [0.3, 0.4) is 0 Å². The maximum atomic E-state index is 11.5. The van der Waals surface area contributed by atoms with Gasteiger partial charge in [0.05, 0.1) is 18.1 Å². The zero-order valence-corrected chi connectivity index (χ0v) is 15.3. The number of guanidine groups is 1. The van der Waals surface area contributed by atoms with Crippen molar-refractivity contribution in [3.63, 3.8) is 0 Å². The standard InChI is InChI=1S/C16H28N4O3S/c1-3-24(21,22)12-8-18-16(17-2)19-13-14(15-7-6-11-23-15)20-9-4-5-10-20/h6-7,11,14H,3-5,8-10,12-13H2,1-2H3,(H2,17,18,19). The number of sulfone groups is 1. The first kappa shape index (κ1) is 18.8. The lowest BCUT2D eigenvalue weighted by molar-refractivity contribution is 0.215. The largest absolute Gasteiger partial charge is 0.468 e. The van der Waals surface area contributed by atoms with E-state index in [1.54, 1.807) is 20.2 Å². The number of nitrogens with one attached hydrogen (secondary N) is 2. The van der Waals surface area contributed by atoms with E-state index in [1.807, 2.05) is 12.1 Å². The SMILES string of the molecule is CCS(=O)(=O)CCNC(=NC)NCC(c1ccco1)N1CCCC1. The Labute approximate surface area is 144 Å². The molecular weight excluding hydrogens is 328 g/mol. The predicted octanol–water partition coefficient (Wildman–Crippen LogP) is 1.02. The van der Waals surface area contributed by atoms with Gasteiger partial charge in [0.1, 0.15) is 5.76 Å². The molecule has 24 heavy (non-hydrogen) atoms. The molecule has 1 aromatic rings. The fourth-order valence-electron chi connectivity index (χ4n) is 2.83. The monoisotopic (exact) mass is 356 g/mol. The van der Waals surface area contributed by atoms with Gasteiger partial charge >= 0.3 is 0 Å². The summed E-state index contributed by atoms with van der Waals surface area (Å²) >= 11 is 0. The Bertz CT molecular complexity index is 607. The van der Waals surface area contributed by atoms with E-state index in [4.69, 9.17) is 4.42 Å². The average Bonchev–Trinajstić information content (AvgIpc) is 3.27. The van der Waals surface area contributed by atoms with Gasteiger partial charge in [-0.05, 0) is 38.1 Å². The number of likely N-dealkylation sites (tertiary alicyclic amines) is 1. The summed E-state index contributed by atoms with van der Waals surface area (Å²) in [7, 11) is -1.29. The molecule has 8 heteroatoms. The van der Waals surface area contributed by atoms with Crippen LogP contribution < -0.4 is 10.6 Å². The fraction of sp³-hybridized carbons (Fsp3) is 0.688. The summed E-state index contributed by atoms with van der Waals surface area (Å²) in [4.78, 5) is 6.57. The molecule has 0 aliphatic carbocycles. The molecule has 1 aromatic heterocycles. The summed E-state index contributed by atoms with van der Waals surface area (Å²) in [5, 5.41) is 6.34. The van der Waals surface area contributed by atoms with E-state index in [0.717, 1.165) is 18.8 Å². The van der Waals surface area contributed by atoms with Gasteiger partial charge in [0, 0.05) is 25.9 Å². The lowest BCUT2D eigenvalue weighted by Gasteiger charge is -2.26. The van der Waals surface area contributed by atoms with Crippen LogP contribution in [0.15, 0.2) is 27.8 Å². The molecule has 1 saturated heterocycles. The molecule has 136 valence electrons. The molecule has 0 aromatic carbocycles. The minimum Gasteiger partial charge on any atom is -0.468 e. The lowest BCUT2D eigenvalue weighted by atomic mass is 10.2. The molecule has 0 spiro atoms. The number of aliphatic imine (C=N–C) groups is 1. The number of furan rings is 1. The fourth-order valence-corrected chi connectivity index (χ4v) is 3.53. The van der Waals surface area contributed by atoms with Crippen LogP contribution in [0.2, 0.25) is 0 Å². The summed E-state index contributed by atoms with van der Waals surface area (Å²) < 4.78 is 28.7. The highest BCUT2D eigenvalue weighted by atomic mass is 32.2. The average molecular weight is 356 g/mol. The molecule has 1 aliphatic heterocycles. The maximum absolute atomic E-state index is 11.5. The van der Waals surface area contributed by atoms with Gasteiger partial charge in [0.15, 0.2) is 15.8 Å². The zero-order chi connectivity index (χ0) is 17.4. The van der Waals surface area contributed by atoms with Gasteiger partial charge in [-0.2, -0.15) is 0 Å². The molecule has 0 saturated carbocycles. The van der Waals surface area contributed by atoms with Crippen molar-refractivity contribution in [2.75, 3.05) is 44.7 Å². The minimum atomic E-state index is -2.97. The summed E-state index contributed by atoms with van der Waals surface area (Å²) in [5.74, 6) is 1.82. The molecule has 7 nitrogen and oxygen atoms in total. The van der Waals surface area contributed by atoms with E-state index in [9.17, 15) is 8.42 Å². The maximum Gasteiger partial charge on any atom is 0.191 e. The first-order valence-electron chi connectivity index (χ1n) is 8.48. The summed E-state index contributed by atoms with van der Waals surface area (Å²) in [6.07, 6.45) is 4.11. The molecular formula is C16H28N4O3S. The van der Waals surface area contributed by atoms with Gasteiger partial charge in [-0.3, -0.25) is 9.89 Å². The van der Waals surface area contributed by atoms with E-state index in [0.29, 0.717) is 19.0 Å². The highest BCUT2D eigenvalue weighted by Gasteiger charge is 2.25. The summed E-state index contributed by atoms with van der Waals surface area (Å²) in [6, 6.07) is 4.05. The molecule has 1 atom stereocenters. The first-order chi connectivity index (χ1) is 11.6. The Balaban J connectivity index is 1.87. The summed E-state index contributed by atoms with van der Waals surface area (Å²) in [6.45, 7) is 4.80. The van der Waals surface area contributed by atoms with Gasteiger partial charge < -0.3 is 15.1 Å². The van der Waals surface area contributed by atoms with Crippen molar-refractivity contribution in [2.45, 2.75) is 25.8 Å². The third-order valence-electron chi connectivity index (χ3n) is 4.28. The number of rotatable bonds is 8. The van der Waals surface area contributed by atoms with Crippen molar-refractivity contribution < 1.29 is 12.8 Å². The second kappa shape index (κ2) is 9.08. The Morgan fingerprint density at radius 1 is 1.38 bits per heavy atom. The lowest BCUT2D eigenvalue weighted by Crippen LogP contribution is -2.43. The number of hydrogen-bond donors (Lipinski definition) is 2. The quantitative estimate of drug-likeness (QED) is 0.534. The molecule has 2 N–H and O–H groups in total. The van der Waals surface area contributed by atoms with E-state index in [1.165, 1.54) is 12.8 Å². The smallest absolute Gasteiger partial charge is 0.191 e. The van der Waals surface area contributed by atoms with E-state index in [2.05, 4.69) is 20.5 Å². The van der Waals surface area contributed by atoms with Crippen LogP contribution in [-0.2, 0) is 9.84 Å². The second-order valence-electron chi connectivity index (χ2n) is 5.89. The Morgan fingerprint density at radius 3 is 2.71 bits per heavy atom. The molecule has 2 heterocycles. The number of nitrogens with zero attached hydrogens (tertiary/aromatic N) is 2. The van der Waals surface area contributed by atoms with Gasteiger partial charge in [-0.1, -0.05) is 6.92 Å². The van der Waals surface area contributed by atoms with Crippen molar-refractivity contribution >= 4 is 15.8 Å². The third kappa shape index (κ3) is 5.52. The van der Waals surface area contributed by atoms with Crippen LogP contribution in [0.4, 0.5) is 0 Å². The van der Waals surface area contributed by atoms with E-state index >= 15 is 0 Å². The normalized spacial score (nSPS) is 17.8. The highest BCUT2D eigenvalue weighted by molar-refractivity contribution is 7.91. The molecule has 1 aliphatic rings. The van der Waals surface area contributed by atoms with Gasteiger partial charge in [-0.25, -0.2) is 8.42 Å². The molecule has 2 rings (SSSR count). The Kier molecular flexibility index (Phi) is 7.11. The highest BCUT2D eigenvalue weighted by Crippen LogP contribution is 2.24. The van der Waals surface area contributed by atoms with Crippen LogP contribution in [0, 0.1) is 0 Å². The van der Waals surface area contributed by atoms with Crippen LogP contribution in [0.1, 0.15) is 31.6 Å². The molecule has 0 amide bonds. The van der Waals surface area contributed by atoms with Crippen LogP contribution in [-0.4, -0.2) is 64.0 Å². The van der Waals surface area contributed by atoms with Crippen molar-refractivity contribution in [2.24, 2.45) is 4.99 Å². The topological polar surface area (TPSA) is 86.9 Å². The van der Waals surface area contributed by atoms with Gasteiger partial charge in [-0.15, -0.1) is 0 Å². The molecule has 1 fully saturated rings. The molecule has 1 unspecified atom stereocenters. The third-order valence-corrected chi connectivity index (χ3v) is 5.99. The Hall–Kier alpha value is -1.54. The summed E-state index contributed by atoms with van der Waals surface area (Å²) in [5.41, 5.74) is 0. The van der Waals surface area contributed by atoms with E-state index in [-0.39, 0.29) is 17.5 Å². The molecule has 0 radical (unpaired) electrons. The van der Waals surface area contributed by atoms with Crippen molar-refractivity contribution in [3.8, 4) is 0 Å². The second-order valence-corrected chi connectivity index (χ2v) is 8.36. The van der Waals surface area contributed by atoms with Gasteiger partial charge in [0.2, 0.25) is 0 Å². The molecule has 0 bridgehead atoms. The zero-order valence-electron chi connectivity index (χ0n) is 14.5. The van der Waals surface area contributed by atoms with Crippen LogP contribution >= 0.6 is 0 Å². The van der Waals surface area contributed by atoms with Crippen LogP contribution in [0.5, 0.6) is 0 Å². The van der Waals surface area contributed by atoms with E-state index < -0.39 is 9.84 Å². The number of hydrogen-bond acceptors (Lipinski definition) is 5. The van der Waals surface area contributed by atoms with Crippen molar-refractivity contribution in [3.05, 3.63) is 24.2 Å². The first-order valence-corrected chi connectivity index (χ1v) is 10.3. The van der Waals surface area contributed by atoms with Crippen molar-refractivity contribution in [1.29, 1.82) is 0 Å². The Morgan fingerprint density at radius 2 is 2.12 bits per heavy atom. The van der Waals surface area contributed by atoms with Gasteiger partial charge in [0.25, 0.3) is 0 Å². The minimum absolute atomic E-state index is 0.109.